The summed E-state index contributed by atoms with van der Waals surface area (Å²) >= 11 is -4.01. The lowest BCUT2D eigenvalue weighted by molar-refractivity contribution is 0.0650. The summed E-state index contributed by atoms with van der Waals surface area (Å²) in [6, 6.07) is 3.33. The van der Waals surface area contributed by atoms with Gasteiger partial charge >= 0.3 is 31.7 Å². The lowest BCUT2D eigenvalue weighted by Crippen LogP contribution is -2.10. The van der Waals surface area contributed by atoms with Crippen molar-refractivity contribution in [3.63, 3.8) is 0 Å². The van der Waals surface area contributed by atoms with Crippen LogP contribution in [0, 0.1) is 3.57 Å². The van der Waals surface area contributed by atoms with E-state index in [9.17, 15) is 15.7 Å². The van der Waals surface area contributed by atoms with E-state index in [-0.39, 0.29) is 0 Å². The molecule has 0 unspecified atom stereocenters. The summed E-state index contributed by atoms with van der Waals surface area (Å²) in [5.74, 6) is -3.02. The molecule has 0 radical (unpaired) electrons. The Morgan fingerprint density at radius 1 is 1.07 bits per heavy atom. The number of aromatic carboxylic acids is 2. The van der Waals surface area contributed by atoms with Gasteiger partial charge in [-0.2, -0.15) is 0 Å². The molecule has 0 aliphatic rings. The molecule has 0 aliphatic carbocycles. The number of carboxylic acids is 2. The molecular weight excluding hydrogens is 319 g/mol. The molecule has 2 N–H and O–H groups in total. The summed E-state index contributed by atoms with van der Waals surface area (Å²) < 4.78 is 21.1. The number of carboxylic acid groups (broad SMARTS) is 2. The van der Waals surface area contributed by atoms with Crippen molar-refractivity contribution in [2.75, 3.05) is 0 Å². The second-order valence-electron chi connectivity index (χ2n) is 2.49. The highest BCUT2D eigenvalue weighted by molar-refractivity contribution is 14.2. The molecule has 1 rings (SSSR count). The second-order valence-corrected chi connectivity index (χ2v) is 4.89. The molecule has 0 saturated heterocycles. The lowest BCUT2D eigenvalue weighted by Gasteiger charge is -2.02. The van der Waals surface area contributed by atoms with Gasteiger partial charge in [0.05, 0.1) is 14.7 Å². The molecule has 0 aliphatic heterocycles. The number of hydrogen-bond donors (Lipinski definition) is 2. The predicted octanol–water partition coefficient (Wildman–Crippen LogP) is 1.45. The summed E-state index contributed by atoms with van der Waals surface area (Å²) in [7, 11) is 0. The fourth-order valence-electron chi connectivity index (χ4n) is 1.05. The molecule has 15 heavy (non-hydrogen) atoms. The van der Waals surface area contributed by atoms with E-state index in [1.807, 2.05) is 0 Å². The first-order valence-corrected chi connectivity index (χ1v) is 6.44. The van der Waals surface area contributed by atoms with Gasteiger partial charge in [-0.1, -0.05) is 6.07 Å². The predicted molar refractivity (Wildman–Crippen MR) is 54.5 cm³/mol. The van der Waals surface area contributed by atoms with E-state index < -0.39 is 46.4 Å². The van der Waals surface area contributed by atoms with Crippen LogP contribution in [-0.2, 0) is 6.14 Å². The molecule has 0 fully saturated rings. The normalized spacial score (nSPS) is 10.2. The van der Waals surface area contributed by atoms with Crippen molar-refractivity contribution in [2.45, 2.75) is 0 Å². The zero-order valence-electron chi connectivity index (χ0n) is 7.14. The highest BCUT2D eigenvalue weighted by Gasteiger charge is 2.22. The minimum Gasteiger partial charge on any atom is -0.478 e. The van der Waals surface area contributed by atoms with Gasteiger partial charge in [0.2, 0.25) is 0 Å². The SMILES string of the molecule is O=C(O)c1cccc(I(=O)=O)c1C(=O)O. The quantitative estimate of drug-likeness (QED) is 0.815. The van der Waals surface area contributed by atoms with Gasteiger partial charge in [-0.3, -0.25) is 0 Å². The fourth-order valence-corrected chi connectivity index (χ4v) is 2.51. The first-order chi connectivity index (χ1) is 6.95. The van der Waals surface area contributed by atoms with Gasteiger partial charge in [0, 0.05) is 0 Å². The lowest BCUT2D eigenvalue weighted by atomic mass is 10.1. The van der Waals surface area contributed by atoms with Crippen LogP contribution < -0.4 is 0 Å². The Hall–Kier alpha value is -1.51. The minimum absolute atomic E-state index is 0.411. The number of benzene rings is 1. The van der Waals surface area contributed by atoms with E-state index in [1.54, 1.807) is 0 Å². The highest BCUT2D eigenvalue weighted by atomic mass is 127. The minimum atomic E-state index is -4.01. The summed E-state index contributed by atoms with van der Waals surface area (Å²) in [6.07, 6.45) is 0. The van der Waals surface area contributed by atoms with E-state index in [1.165, 1.54) is 6.07 Å². The molecule has 0 atom stereocenters. The highest BCUT2D eigenvalue weighted by Crippen LogP contribution is 2.24. The Balaban J connectivity index is 3.63. The van der Waals surface area contributed by atoms with E-state index >= 15 is 0 Å². The number of carbonyl (C=O) groups is 2. The van der Waals surface area contributed by atoms with Crippen LogP contribution in [0.4, 0.5) is 0 Å². The molecule has 0 aromatic heterocycles. The van der Waals surface area contributed by atoms with Gasteiger partial charge < -0.3 is 10.2 Å². The van der Waals surface area contributed by atoms with Gasteiger partial charge in [-0.25, -0.2) is 15.7 Å². The first-order valence-electron chi connectivity index (χ1n) is 3.60. The molecule has 1 aromatic rings. The van der Waals surface area contributed by atoms with E-state index in [0.717, 1.165) is 12.1 Å². The third-order valence-electron chi connectivity index (χ3n) is 1.62. The molecule has 0 spiro atoms. The standard InChI is InChI=1S/C8H5IO6/c10-7(11)4-2-1-3-5(9(14)15)6(4)8(12)13/h1-3H,(H,10,11)(H,12,13). The molecule has 0 saturated carbocycles. The van der Waals surface area contributed by atoms with Crippen molar-refractivity contribution >= 4 is 31.7 Å². The molecule has 0 bridgehead atoms. The van der Waals surface area contributed by atoms with Gasteiger partial charge in [0.15, 0.2) is 0 Å². The zero-order valence-corrected chi connectivity index (χ0v) is 9.29. The summed E-state index contributed by atoms with van der Waals surface area (Å²) in [4.78, 5) is 21.4. The third kappa shape index (κ3) is 2.29. The fraction of sp³-hybridized carbons (Fsp3) is 0. The van der Waals surface area contributed by atoms with Crippen molar-refractivity contribution in [3.05, 3.63) is 32.9 Å². The van der Waals surface area contributed by atoms with Crippen molar-refractivity contribution in [3.8, 4) is 0 Å². The Morgan fingerprint density at radius 2 is 1.67 bits per heavy atom. The topological polar surface area (TPSA) is 109 Å². The maximum Gasteiger partial charge on any atom is 0.341 e. The van der Waals surface area contributed by atoms with Gasteiger partial charge in [-0.15, -0.1) is 0 Å². The van der Waals surface area contributed by atoms with Crippen molar-refractivity contribution < 1.29 is 25.9 Å². The Morgan fingerprint density at radius 3 is 2.07 bits per heavy atom. The largest absolute Gasteiger partial charge is 0.478 e. The van der Waals surface area contributed by atoms with Crippen LogP contribution in [0.15, 0.2) is 18.2 Å². The summed E-state index contributed by atoms with van der Waals surface area (Å²) in [6.45, 7) is 0. The molecular formula is C8H5IO6. The van der Waals surface area contributed by atoms with Crippen LogP contribution in [0.1, 0.15) is 20.7 Å². The van der Waals surface area contributed by atoms with E-state index in [0.29, 0.717) is 0 Å². The summed E-state index contributed by atoms with van der Waals surface area (Å²) in [5.41, 5.74) is -1.19. The van der Waals surface area contributed by atoms with E-state index in [4.69, 9.17) is 10.2 Å². The van der Waals surface area contributed by atoms with Crippen LogP contribution >= 0.6 is 19.8 Å². The Bertz CT molecular complexity index is 494. The molecule has 0 heterocycles. The number of hydrogen-bond acceptors (Lipinski definition) is 4. The maximum absolute atomic E-state index is 10.8. The van der Waals surface area contributed by atoms with Crippen molar-refractivity contribution in [1.29, 1.82) is 0 Å². The molecule has 7 heteroatoms. The first kappa shape index (κ1) is 11.6. The van der Waals surface area contributed by atoms with Crippen molar-refractivity contribution in [2.24, 2.45) is 0 Å². The van der Waals surface area contributed by atoms with Gasteiger partial charge in [-0.05, 0) is 12.1 Å². The van der Waals surface area contributed by atoms with Crippen LogP contribution in [0.25, 0.3) is 0 Å². The molecule has 1 aromatic carbocycles. The monoisotopic (exact) mass is 324 g/mol. The van der Waals surface area contributed by atoms with Gasteiger partial charge in [0.1, 0.15) is 0 Å². The second kappa shape index (κ2) is 4.34. The number of halogens is 1. The Labute approximate surface area is 90.7 Å². The molecule has 80 valence electrons. The van der Waals surface area contributed by atoms with Gasteiger partial charge in [0.25, 0.3) is 0 Å². The average molecular weight is 324 g/mol. The van der Waals surface area contributed by atoms with Crippen LogP contribution in [0.5, 0.6) is 0 Å². The smallest absolute Gasteiger partial charge is 0.341 e. The van der Waals surface area contributed by atoms with Crippen LogP contribution in [-0.4, -0.2) is 22.2 Å². The van der Waals surface area contributed by atoms with Crippen LogP contribution in [0.2, 0.25) is 0 Å². The van der Waals surface area contributed by atoms with Crippen molar-refractivity contribution in [1.82, 2.24) is 0 Å². The van der Waals surface area contributed by atoms with Crippen LogP contribution in [0.3, 0.4) is 0 Å². The molecule has 0 amide bonds. The number of rotatable bonds is 3. The zero-order chi connectivity index (χ0) is 11.6. The van der Waals surface area contributed by atoms with E-state index in [2.05, 4.69) is 0 Å². The molecule has 6 nitrogen and oxygen atoms in total. The average Bonchev–Trinajstić information content (AvgIpc) is 2.16. The summed E-state index contributed by atoms with van der Waals surface area (Å²) in [5, 5.41) is 17.4. The Kier molecular flexibility index (Phi) is 3.35. The third-order valence-corrected chi connectivity index (χ3v) is 3.47. The maximum atomic E-state index is 10.8.